The molecule has 0 fully saturated rings. The average molecular weight is 314 g/mol. The summed E-state index contributed by atoms with van der Waals surface area (Å²) in [6.07, 6.45) is 1.84. The largest absolute Gasteiger partial charge is 0.496 e. The lowest BCUT2D eigenvalue weighted by molar-refractivity contribution is 0.411. The number of rotatable bonds is 4. The lowest BCUT2D eigenvalue weighted by Crippen LogP contribution is -1.96. The van der Waals surface area contributed by atoms with Crippen molar-refractivity contribution < 1.29 is 4.74 Å². The van der Waals surface area contributed by atoms with Gasteiger partial charge in [0.25, 0.3) is 0 Å². The van der Waals surface area contributed by atoms with Gasteiger partial charge in [0.1, 0.15) is 5.75 Å². The summed E-state index contributed by atoms with van der Waals surface area (Å²) in [7, 11) is 1.73. The fourth-order valence-electron chi connectivity index (χ4n) is 3.16. The summed E-state index contributed by atoms with van der Waals surface area (Å²) in [6, 6.07) is 12.2. The third-order valence-electron chi connectivity index (χ3n) is 4.21. The van der Waals surface area contributed by atoms with Crippen LogP contribution in [-0.2, 0) is 12.8 Å². The summed E-state index contributed by atoms with van der Waals surface area (Å²) in [4.78, 5) is 3.49. The van der Waals surface area contributed by atoms with Crippen molar-refractivity contribution in [3.8, 4) is 5.75 Å². The molecule has 0 unspecified atom stereocenters. The molecule has 3 heteroatoms. The van der Waals surface area contributed by atoms with Crippen molar-refractivity contribution in [1.29, 1.82) is 0 Å². The van der Waals surface area contributed by atoms with E-state index in [4.69, 9.17) is 16.3 Å². The minimum Gasteiger partial charge on any atom is -0.496 e. The van der Waals surface area contributed by atoms with Gasteiger partial charge in [0.05, 0.1) is 7.11 Å². The summed E-state index contributed by atoms with van der Waals surface area (Å²) in [5, 5.41) is 2.06. The number of halogens is 1. The second-order valence-corrected chi connectivity index (χ2v) is 5.99. The van der Waals surface area contributed by atoms with Crippen LogP contribution in [-0.4, -0.2) is 12.1 Å². The van der Waals surface area contributed by atoms with Gasteiger partial charge in [0.15, 0.2) is 0 Å². The van der Waals surface area contributed by atoms with Crippen LogP contribution < -0.4 is 4.74 Å². The maximum absolute atomic E-state index is 5.99. The molecule has 0 bridgehead atoms. The molecule has 0 saturated carbocycles. The molecule has 0 radical (unpaired) electrons. The van der Waals surface area contributed by atoms with Crippen LogP contribution >= 0.6 is 11.6 Å². The minimum atomic E-state index is 0.764. The second kappa shape index (κ2) is 6.05. The molecule has 2 nitrogen and oxygen atoms in total. The summed E-state index contributed by atoms with van der Waals surface area (Å²) in [5.41, 5.74) is 6.26. The van der Waals surface area contributed by atoms with Crippen molar-refractivity contribution in [1.82, 2.24) is 4.98 Å². The van der Waals surface area contributed by atoms with Gasteiger partial charge in [0, 0.05) is 33.6 Å². The van der Waals surface area contributed by atoms with Gasteiger partial charge in [-0.15, -0.1) is 0 Å². The Morgan fingerprint density at radius 2 is 1.77 bits per heavy atom. The molecule has 1 aromatic heterocycles. The smallest absolute Gasteiger partial charge is 0.123 e. The fraction of sp³-hybridized carbons (Fsp3) is 0.263. The van der Waals surface area contributed by atoms with Crippen LogP contribution in [0, 0.1) is 6.92 Å². The number of hydrogen-bond donors (Lipinski definition) is 1. The first-order chi connectivity index (χ1) is 10.6. The topological polar surface area (TPSA) is 25.0 Å². The van der Waals surface area contributed by atoms with Crippen molar-refractivity contribution >= 4 is 22.5 Å². The molecule has 0 aliphatic heterocycles. The van der Waals surface area contributed by atoms with E-state index in [1.54, 1.807) is 7.11 Å². The van der Waals surface area contributed by atoms with E-state index in [0.29, 0.717) is 0 Å². The van der Waals surface area contributed by atoms with E-state index in [2.05, 4.69) is 37.0 Å². The zero-order chi connectivity index (χ0) is 15.7. The summed E-state index contributed by atoms with van der Waals surface area (Å²) >= 11 is 5.99. The molecule has 1 heterocycles. The summed E-state index contributed by atoms with van der Waals surface area (Å²) < 4.78 is 5.62. The average Bonchev–Trinajstić information content (AvgIpc) is 2.85. The molecule has 0 aliphatic carbocycles. The summed E-state index contributed by atoms with van der Waals surface area (Å²) in [5.74, 6) is 0.941. The SMILES string of the molecule is CCc1c(C)[nH]c2ccc(OC)c(Cc3ccc(Cl)cc3)c12. The van der Waals surface area contributed by atoms with Crippen LogP contribution in [0.1, 0.15) is 29.3 Å². The Labute approximate surface area is 136 Å². The molecule has 2 aromatic carbocycles. The number of methoxy groups -OCH3 is 1. The highest BCUT2D eigenvalue weighted by Gasteiger charge is 2.15. The molecule has 0 atom stereocenters. The van der Waals surface area contributed by atoms with Gasteiger partial charge in [-0.25, -0.2) is 0 Å². The number of H-pyrrole nitrogens is 1. The highest BCUT2D eigenvalue weighted by Crippen LogP contribution is 2.34. The molecule has 114 valence electrons. The van der Waals surface area contributed by atoms with Crippen molar-refractivity contribution in [2.45, 2.75) is 26.7 Å². The first-order valence-corrected chi connectivity index (χ1v) is 7.93. The molecule has 0 spiro atoms. The van der Waals surface area contributed by atoms with E-state index in [1.165, 1.54) is 33.3 Å². The molecule has 22 heavy (non-hydrogen) atoms. The van der Waals surface area contributed by atoms with E-state index in [0.717, 1.165) is 23.6 Å². The lowest BCUT2D eigenvalue weighted by Gasteiger charge is -2.12. The van der Waals surface area contributed by atoms with E-state index in [-0.39, 0.29) is 0 Å². The maximum Gasteiger partial charge on any atom is 0.123 e. The number of aromatic nitrogens is 1. The van der Waals surface area contributed by atoms with Gasteiger partial charge in [-0.2, -0.15) is 0 Å². The first kappa shape index (κ1) is 15.0. The number of benzene rings is 2. The molecule has 0 aliphatic rings. The van der Waals surface area contributed by atoms with Gasteiger partial charge >= 0.3 is 0 Å². The van der Waals surface area contributed by atoms with E-state index >= 15 is 0 Å². The zero-order valence-electron chi connectivity index (χ0n) is 13.2. The van der Waals surface area contributed by atoms with Crippen LogP contribution in [0.2, 0.25) is 5.02 Å². The fourth-order valence-corrected chi connectivity index (χ4v) is 3.28. The minimum absolute atomic E-state index is 0.764. The second-order valence-electron chi connectivity index (χ2n) is 5.55. The third-order valence-corrected chi connectivity index (χ3v) is 4.47. The number of aromatic amines is 1. The molecule has 1 N–H and O–H groups in total. The Bertz CT molecular complexity index is 802. The van der Waals surface area contributed by atoms with Gasteiger partial charge in [-0.1, -0.05) is 30.7 Å². The number of ether oxygens (including phenoxy) is 1. The van der Waals surface area contributed by atoms with Crippen molar-refractivity contribution in [2.24, 2.45) is 0 Å². The quantitative estimate of drug-likeness (QED) is 0.695. The van der Waals surface area contributed by atoms with Crippen LogP contribution in [0.15, 0.2) is 36.4 Å². The molecule has 0 saturated heterocycles. The van der Waals surface area contributed by atoms with Crippen LogP contribution in [0.4, 0.5) is 0 Å². The van der Waals surface area contributed by atoms with Crippen LogP contribution in [0.25, 0.3) is 10.9 Å². The molecule has 0 amide bonds. The van der Waals surface area contributed by atoms with E-state index in [9.17, 15) is 0 Å². The van der Waals surface area contributed by atoms with E-state index < -0.39 is 0 Å². The number of fused-ring (bicyclic) bond motifs is 1. The van der Waals surface area contributed by atoms with E-state index in [1.807, 2.05) is 18.2 Å². The third kappa shape index (κ3) is 2.59. The van der Waals surface area contributed by atoms with Gasteiger partial charge in [-0.3, -0.25) is 0 Å². The Balaban J connectivity index is 2.18. The monoisotopic (exact) mass is 313 g/mol. The predicted molar refractivity (Wildman–Crippen MR) is 93.2 cm³/mol. The Hall–Kier alpha value is -1.93. The lowest BCUT2D eigenvalue weighted by atomic mass is 9.96. The molecule has 3 rings (SSSR count). The molecular weight excluding hydrogens is 294 g/mol. The Morgan fingerprint density at radius 1 is 1.05 bits per heavy atom. The maximum atomic E-state index is 5.99. The standard InChI is InChI=1S/C19H20ClNO/c1-4-15-12(2)21-17-9-10-18(22-3)16(19(15)17)11-13-5-7-14(20)8-6-13/h5-10,21H,4,11H2,1-3H3. The molecule has 3 aromatic rings. The van der Waals surface area contributed by atoms with Crippen molar-refractivity contribution in [3.63, 3.8) is 0 Å². The zero-order valence-corrected chi connectivity index (χ0v) is 13.9. The number of aryl methyl sites for hydroxylation is 2. The van der Waals surface area contributed by atoms with Crippen molar-refractivity contribution in [3.05, 3.63) is 63.8 Å². The highest BCUT2D eigenvalue weighted by atomic mass is 35.5. The summed E-state index contributed by atoms with van der Waals surface area (Å²) in [6.45, 7) is 4.33. The van der Waals surface area contributed by atoms with Crippen LogP contribution in [0.5, 0.6) is 5.75 Å². The Morgan fingerprint density at radius 3 is 2.41 bits per heavy atom. The van der Waals surface area contributed by atoms with Gasteiger partial charge in [-0.05, 0) is 48.7 Å². The normalized spacial score (nSPS) is 11.1. The van der Waals surface area contributed by atoms with Crippen LogP contribution in [0.3, 0.4) is 0 Å². The Kier molecular flexibility index (Phi) is 4.12. The van der Waals surface area contributed by atoms with Gasteiger partial charge < -0.3 is 9.72 Å². The number of nitrogens with one attached hydrogen (secondary N) is 1. The highest BCUT2D eigenvalue weighted by molar-refractivity contribution is 6.30. The first-order valence-electron chi connectivity index (χ1n) is 7.55. The van der Waals surface area contributed by atoms with Gasteiger partial charge in [0.2, 0.25) is 0 Å². The number of hydrogen-bond acceptors (Lipinski definition) is 1. The van der Waals surface area contributed by atoms with Crippen molar-refractivity contribution in [2.75, 3.05) is 7.11 Å². The molecular formula is C19H20ClNO. The predicted octanol–water partition coefficient (Wildman–Crippen LogP) is 5.29.